The highest BCUT2D eigenvalue weighted by Gasteiger charge is 2.16. The minimum absolute atomic E-state index is 0.345. The first-order valence-corrected chi connectivity index (χ1v) is 9.45. The summed E-state index contributed by atoms with van der Waals surface area (Å²) < 4.78 is 5.84. The topological polar surface area (TPSA) is 35.0 Å². The molecule has 0 N–H and O–H groups in total. The van der Waals surface area contributed by atoms with E-state index >= 15 is 0 Å². The molecule has 1 aliphatic heterocycles. The van der Waals surface area contributed by atoms with Crippen molar-refractivity contribution in [2.75, 3.05) is 12.4 Å². The third kappa shape index (κ3) is 3.30. The maximum absolute atomic E-state index is 5.84. The van der Waals surface area contributed by atoms with Gasteiger partial charge in [0.1, 0.15) is 10.7 Å². The number of ether oxygens (including phenoxy) is 1. The molecular weight excluding hydrogens is 316 g/mol. The number of benzene rings is 2. The molecule has 0 bridgehead atoms. The Bertz CT molecular complexity index is 816. The molecule has 24 heavy (non-hydrogen) atoms. The number of fused-ring (bicyclic) bond motifs is 1. The second kappa shape index (κ2) is 7.32. The van der Waals surface area contributed by atoms with Gasteiger partial charge in [-0.05, 0) is 19.3 Å². The SMILES string of the molecule is c1ccc(-c2nnc(SC[C@@H]3CCCCO3)c3ccccc23)cc1. The van der Waals surface area contributed by atoms with E-state index in [-0.39, 0.29) is 0 Å². The van der Waals surface area contributed by atoms with Gasteiger partial charge >= 0.3 is 0 Å². The number of nitrogens with zero attached hydrogens (tertiary/aromatic N) is 2. The average molecular weight is 336 g/mol. The highest BCUT2D eigenvalue weighted by atomic mass is 32.2. The zero-order valence-corrected chi connectivity index (χ0v) is 14.3. The van der Waals surface area contributed by atoms with Gasteiger partial charge in [-0.2, -0.15) is 0 Å². The number of rotatable bonds is 4. The predicted molar refractivity (Wildman–Crippen MR) is 99.3 cm³/mol. The van der Waals surface area contributed by atoms with Crippen LogP contribution in [0.1, 0.15) is 19.3 Å². The van der Waals surface area contributed by atoms with E-state index in [9.17, 15) is 0 Å². The zero-order chi connectivity index (χ0) is 16.2. The summed E-state index contributed by atoms with van der Waals surface area (Å²) in [6.07, 6.45) is 3.96. The second-order valence-corrected chi connectivity index (χ2v) is 7.07. The molecule has 0 unspecified atom stereocenters. The molecule has 1 aromatic heterocycles. The summed E-state index contributed by atoms with van der Waals surface area (Å²) in [4.78, 5) is 0. The maximum atomic E-state index is 5.84. The molecule has 0 amide bonds. The number of hydrogen-bond acceptors (Lipinski definition) is 4. The molecule has 0 saturated carbocycles. The second-order valence-electron chi connectivity index (χ2n) is 6.06. The van der Waals surface area contributed by atoms with Crippen LogP contribution in [-0.4, -0.2) is 28.7 Å². The Morgan fingerprint density at radius 3 is 2.50 bits per heavy atom. The van der Waals surface area contributed by atoms with Crippen LogP contribution in [0.25, 0.3) is 22.0 Å². The largest absolute Gasteiger partial charge is 0.377 e. The minimum atomic E-state index is 0.345. The quantitative estimate of drug-likeness (QED) is 0.631. The van der Waals surface area contributed by atoms with Crippen LogP contribution in [-0.2, 0) is 4.74 Å². The van der Waals surface area contributed by atoms with E-state index in [0.717, 1.165) is 40.5 Å². The van der Waals surface area contributed by atoms with E-state index in [1.165, 1.54) is 18.2 Å². The van der Waals surface area contributed by atoms with Gasteiger partial charge in [-0.3, -0.25) is 0 Å². The molecule has 2 heterocycles. The summed E-state index contributed by atoms with van der Waals surface area (Å²) in [5.74, 6) is 0.948. The fourth-order valence-electron chi connectivity index (χ4n) is 3.11. The fourth-order valence-corrected chi connectivity index (χ4v) is 4.14. The van der Waals surface area contributed by atoms with Crippen molar-refractivity contribution >= 4 is 22.5 Å². The molecule has 0 radical (unpaired) electrons. The molecule has 2 aromatic carbocycles. The van der Waals surface area contributed by atoms with Crippen LogP contribution in [0.3, 0.4) is 0 Å². The van der Waals surface area contributed by atoms with Crippen molar-refractivity contribution in [1.82, 2.24) is 10.2 Å². The van der Waals surface area contributed by atoms with Crippen LogP contribution in [0.2, 0.25) is 0 Å². The van der Waals surface area contributed by atoms with Gasteiger partial charge in [-0.15, -0.1) is 22.0 Å². The third-order valence-corrected chi connectivity index (χ3v) is 5.49. The van der Waals surface area contributed by atoms with Gasteiger partial charge in [-0.1, -0.05) is 54.6 Å². The Morgan fingerprint density at radius 2 is 1.71 bits per heavy atom. The van der Waals surface area contributed by atoms with Crippen LogP contribution < -0.4 is 0 Å². The van der Waals surface area contributed by atoms with E-state index in [1.54, 1.807) is 11.8 Å². The summed E-state index contributed by atoms with van der Waals surface area (Å²) >= 11 is 1.76. The molecule has 1 fully saturated rings. The molecule has 122 valence electrons. The first-order valence-electron chi connectivity index (χ1n) is 8.47. The maximum Gasteiger partial charge on any atom is 0.127 e. The molecule has 1 atom stereocenters. The normalized spacial score (nSPS) is 17.9. The number of thioether (sulfide) groups is 1. The summed E-state index contributed by atoms with van der Waals surface area (Å²) in [7, 11) is 0. The Kier molecular flexibility index (Phi) is 4.76. The summed E-state index contributed by atoms with van der Waals surface area (Å²) in [6, 6.07) is 18.7. The lowest BCUT2D eigenvalue weighted by Gasteiger charge is -2.22. The first-order chi connectivity index (χ1) is 11.9. The molecule has 1 saturated heterocycles. The highest BCUT2D eigenvalue weighted by molar-refractivity contribution is 7.99. The van der Waals surface area contributed by atoms with Crippen LogP contribution in [0, 0.1) is 0 Å². The van der Waals surface area contributed by atoms with E-state index in [0.29, 0.717) is 6.10 Å². The lowest BCUT2D eigenvalue weighted by molar-refractivity contribution is 0.0315. The van der Waals surface area contributed by atoms with Crippen molar-refractivity contribution in [2.24, 2.45) is 0 Å². The molecule has 3 aromatic rings. The minimum Gasteiger partial charge on any atom is -0.377 e. The van der Waals surface area contributed by atoms with Gasteiger partial charge in [0.05, 0.1) is 6.10 Å². The van der Waals surface area contributed by atoms with Gasteiger partial charge in [0.15, 0.2) is 0 Å². The first kappa shape index (κ1) is 15.6. The van der Waals surface area contributed by atoms with Crippen LogP contribution >= 0.6 is 11.8 Å². The molecule has 0 spiro atoms. The summed E-state index contributed by atoms with van der Waals surface area (Å²) in [5, 5.41) is 12.4. The monoisotopic (exact) mass is 336 g/mol. The molecule has 0 aliphatic carbocycles. The molecular formula is C20H20N2OS. The van der Waals surface area contributed by atoms with Crippen molar-refractivity contribution in [3.63, 3.8) is 0 Å². The Morgan fingerprint density at radius 1 is 0.917 bits per heavy atom. The average Bonchev–Trinajstić information content (AvgIpc) is 2.67. The lowest BCUT2D eigenvalue weighted by atomic mass is 10.1. The standard InChI is InChI=1S/C20H20N2OS/c1-2-8-15(9-3-1)19-17-11-4-5-12-18(17)20(22-21-19)24-14-16-10-6-7-13-23-16/h1-5,8-9,11-12,16H,6-7,10,13-14H2/t16-/m0/s1. The zero-order valence-electron chi connectivity index (χ0n) is 13.5. The Balaban J connectivity index is 1.65. The van der Waals surface area contributed by atoms with E-state index < -0.39 is 0 Å². The predicted octanol–water partition coefficient (Wildman–Crippen LogP) is 4.96. The number of aromatic nitrogens is 2. The third-order valence-electron chi connectivity index (χ3n) is 4.38. The number of hydrogen-bond donors (Lipinski definition) is 0. The van der Waals surface area contributed by atoms with E-state index in [4.69, 9.17) is 4.74 Å². The van der Waals surface area contributed by atoms with Gasteiger partial charge in [-0.25, -0.2) is 0 Å². The Hall–Kier alpha value is -1.91. The molecule has 4 heteroatoms. The highest BCUT2D eigenvalue weighted by Crippen LogP contribution is 2.32. The van der Waals surface area contributed by atoms with Gasteiger partial charge in [0.25, 0.3) is 0 Å². The van der Waals surface area contributed by atoms with Crippen molar-refractivity contribution < 1.29 is 4.74 Å². The Labute approximate surface area is 146 Å². The van der Waals surface area contributed by atoms with Crippen LogP contribution in [0.4, 0.5) is 0 Å². The fraction of sp³-hybridized carbons (Fsp3) is 0.300. The van der Waals surface area contributed by atoms with Crippen molar-refractivity contribution in [3.05, 3.63) is 54.6 Å². The van der Waals surface area contributed by atoms with Gasteiger partial charge in [0.2, 0.25) is 0 Å². The molecule has 4 rings (SSSR count). The summed E-state index contributed by atoms with van der Waals surface area (Å²) in [6.45, 7) is 0.893. The van der Waals surface area contributed by atoms with Gasteiger partial charge in [0, 0.05) is 28.7 Å². The lowest BCUT2D eigenvalue weighted by Crippen LogP contribution is -2.21. The van der Waals surface area contributed by atoms with Crippen molar-refractivity contribution in [2.45, 2.75) is 30.4 Å². The van der Waals surface area contributed by atoms with E-state index in [2.05, 4.69) is 46.6 Å². The molecule has 3 nitrogen and oxygen atoms in total. The van der Waals surface area contributed by atoms with Gasteiger partial charge < -0.3 is 4.74 Å². The smallest absolute Gasteiger partial charge is 0.127 e. The molecule has 1 aliphatic rings. The van der Waals surface area contributed by atoms with Crippen LogP contribution in [0.5, 0.6) is 0 Å². The van der Waals surface area contributed by atoms with Crippen LogP contribution in [0.15, 0.2) is 59.6 Å². The van der Waals surface area contributed by atoms with Crippen molar-refractivity contribution in [1.29, 1.82) is 0 Å². The summed E-state index contributed by atoms with van der Waals surface area (Å²) in [5.41, 5.74) is 2.05. The van der Waals surface area contributed by atoms with E-state index in [1.807, 2.05) is 18.2 Å². The van der Waals surface area contributed by atoms with Crippen molar-refractivity contribution in [3.8, 4) is 11.3 Å².